The molecular weight excluding hydrogens is 284 g/mol. The predicted molar refractivity (Wildman–Crippen MR) is 88.7 cm³/mol. The molecule has 4 nitrogen and oxygen atoms in total. The number of benzene rings is 1. The van der Waals surface area contributed by atoms with Gasteiger partial charge in [0.2, 0.25) is 0 Å². The van der Waals surface area contributed by atoms with Crippen LogP contribution < -0.4 is 10.5 Å². The van der Waals surface area contributed by atoms with Gasteiger partial charge in [0.1, 0.15) is 17.3 Å². The molecule has 1 heterocycles. The fourth-order valence-corrected chi connectivity index (χ4v) is 2.99. The second kappa shape index (κ2) is 8.32. The van der Waals surface area contributed by atoms with Crippen LogP contribution in [0.1, 0.15) is 31.2 Å². The first-order valence-electron chi connectivity index (χ1n) is 7.58. The van der Waals surface area contributed by atoms with Gasteiger partial charge in [-0.1, -0.05) is 24.4 Å². The van der Waals surface area contributed by atoms with Gasteiger partial charge in [-0.3, -0.25) is 4.90 Å². The summed E-state index contributed by atoms with van der Waals surface area (Å²) in [4.78, 5) is 2.86. The highest BCUT2D eigenvalue weighted by Gasteiger charge is 2.23. The molecule has 0 bridgehead atoms. The molecule has 21 heavy (non-hydrogen) atoms. The smallest absolute Gasteiger partial charge is 0.120 e. The molecule has 0 radical (unpaired) electrons. The molecule has 2 rings (SSSR count). The van der Waals surface area contributed by atoms with Crippen molar-refractivity contribution in [2.45, 2.75) is 31.7 Å². The van der Waals surface area contributed by atoms with Gasteiger partial charge in [-0.25, -0.2) is 0 Å². The molecule has 0 amide bonds. The molecule has 1 saturated heterocycles. The maximum Gasteiger partial charge on any atom is 0.120 e. The van der Waals surface area contributed by atoms with E-state index in [9.17, 15) is 0 Å². The first-order chi connectivity index (χ1) is 10.2. The highest BCUT2D eigenvalue weighted by Crippen LogP contribution is 2.21. The lowest BCUT2D eigenvalue weighted by Crippen LogP contribution is -2.33. The number of likely N-dealkylation sites (tertiary alicyclic amines) is 1. The fourth-order valence-electron chi connectivity index (χ4n) is 2.86. The topological polar surface area (TPSA) is 58.7 Å². The Hall–Kier alpha value is -1.17. The van der Waals surface area contributed by atoms with Crippen molar-refractivity contribution >= 4 is 17.2 Å². The van der Waals surface area contributed by atoms with Gasteiger partial charge >= 0.3 is 0 Å². The molecule has 5 heteroatoms. The largest absolute Gasteiger partial charge is 0.492 e. The van der Waals surface area contributed by atoms with Crippen LogP contribution in [0, 0.1) is 0 Å². The summed E-state index contributed by atoms with van der Waals surface area (Å²) < 4.78 is 5.81. The third-order valence-electron chi connectivity index (χ3n) is 3.96. The van der Waals surface area contributed by atoms with E-state index in [1.54, 1.807) is 0 Å². The minimum Gasteiger partial charge on any atom is -0.492 e. The van der Waals surface area contributed by atoms with Crippen molar-refractivity contribution in [2.24, 2.45) is 5.73 Å². The van der Waals surface area contributed by atoms with Crippen LogP contribution in [0.3, 0.4) is 0 Å². The number of aliphatic hydroxyl groups is 1. The van der Waals surface area contributed by atoms with Crippen molar-refractivity contribution in [3.05, 3.63) is 29.8 Å². The van der Waals surface area contributed by atoms with Crippen molar-refractivity contribution < 1.29 is 9.84 Å². The Morgan fingerprint density at radius 1 is 1.48 bits per heavy atom. The van der Waals surface area contributed by atoms with E-state index >= 15 is 0 Å². The van der Waals surface area contributed by atoms with Gasteiger partial charge in [-0.15, -0.1) is 0 Å². The second-order valence-corrected chi connectivity index (χ2v) is 5.88. The van der Waals surface area contributed by atoms with Crippen LogP contribution in [0.25, 0.3) is 0 Å². The highest BCUT2D eigenvalue weighted by molar-refractivity contribution is 7.80. The molecule has 0 aromatic heterocycles. The van der Waals surface area contributed by atoms with Gasteiger partial charge in [-0.2, -0.15) is 0 Å². The van der Waals surface area contributed by atoms with Crippen LogP contribution in [0.15, 0.2) is 24.3 Å². The number of nitrogens with zero attached hydrogens (tertiary/aromatic N) is 1. The van der Waals surface area contributed by atoms with E-state index < -0.39 is 0 Å². The van der Waals surface area contributed by atoms with Crippen molar-refractivity contribution in [3.8, 4) is 5.75 Å². The van der Waals surface area contributed by atoms with E-state index in [2.05, 4.69) is 4.90 Å². The Bertz CT molecular complexity index is 467. The Kier molecular flexibility index (Phi) is 6.42. The van der Waals surface area contributed by atoms with E-state index in [0.29, 0.717) is 17.6 Å². The van der Waals surface area contributed by atoms with Crippen LogP contribution in [-0.4, -0.2) is 47.3 Å². The van der Waals surface area contributed by atoms with Gasteiger partial charge in [0, 0.05) is 24.8 Å². The number of thiocarbonyl (C=S) groups is 1. The van der Waals surface area contributed by atoms with Crippen molar-refractivity contribution in [2.75, 3.05) is 26.3 Å². The summed E-state index contributed by atoms with van der Waals surface area (Å²) in [5.74, 6) is 0.811. The average molecular weight is 308 g/mol. The van der Waals surface area contributed by atoms with Gasteiger partial charge in [-0.05, 0) is 44.4 Å². The lowest BCUT2D eigenvalue weighted by molar-refractivity contribution is 0.180. The molecule has 1 unspecified atom stereocenters. The summed E-state index contributed by atoms with van der Waals surface area (Å²) in [7, 11) is 0. The summed E-state index contributed by atoms with van der Waals surface area (Å²) >= 11 is 4.97. The maximum atomic E-state index is 8.94. The maximum absolute atomic E-state index is 8.94. The molecule has 0 spiro atoms. The molecule has 1 aromatic carbocycles. The monoisotopic (exact) mass is 308 g/mol. The molecule has 1 fully saturated rings. The van der Waals surface area contributed by atoms with Gasteiger partial charge in [0.05, 0.1) is 0 Å². The molecule has 0 aliphatic carbocycles. The van der Waals surface area contributed by atoms with Crippen LogP contribution in [-0.2, 0) is 0 Å². The summed E-state index contributed by atoms with van der Waals surface area (Å²) in [6.07, 6.45) is 4.44. The number of hydrogen-bond acceptors (Lipinski definition) is 4. The van der Waals surface area contributed by atoms with Crippen LogP contribution in [0.5, 0.6) is 5.75 Å². The fraction of sp³-hybridized carbons (Fsp3) is 0.562. The zero-order valence-electron chi connectivity index (χ0n) is 12.3. The van der Waals surface area contributed by atoms with E-state index in [1.165, 1.54) is 12.8 Å². The van der Waals surface area contributed by atoms with Crippen molar-refractivity contribution in [3.63, 3.8) is 0 Å². The van der Waals surface area contributed by atoms with Gasteiger partial charge in [0.25, 0.3) is 0 Å². The van der Waals surface area contributed by atoms with Crippen LogP contribution >= 0.6 is 12.2 Å². The Morgan fingerprint density at radius 3 is 3.10 bits per heavy atom. The molecule has 1 aromatic rings. The quantitative estimate of drug-likeness (QED) is 0.719. The summed E-state index contributed by atoms with van der Waals surface area (Å²) in [5, 5.41) is 8.94. The first kappa shape index (κ1) is 16.2. The minimum atomic E-state index is 0.284. The lowest BCUT2D eigenvalue weighted by atomic mass is 10.1. The van der Waals surface area contributed by atoms with Gasteiger partial charge < -0.3 is 15.6 Å². The summed E-state index contributed by atoms with van der Waals surface area (Å²) in [5.41, 5.74) is 6.46. The third kappa shape index (κ3) is 4.95. The molecule has 1 aliphatic heterocycles. The number of rotatable bonds is 8. The Labute approximate surface area is 131 Å². The SMILES string of the molecule is NC(=S)c1cccc(OCCN2CCCC2CCCO)c1. The Balaban J connectivity index is 1.78. The van der Waals surface area contributed by atoms with E-state index in [1.807, 2.05) is 24.3 Å². The molecule has 3 N–H and O–H groups in total. The highest BCUT2D eigenvalue weighted by atomic mass is 32.1. The minimum absolute atomic E-state index is 0.284. The predicted octanol–water partition coefficient (Wildman–Crippen LogP) is 1.94. The van der Waals surface area contributed by atoms with Gasteiger partial charge in [0.15, 0.2) is 0 Å². The molecule has 116 valence electrons. The van der Waals surface area contributed by atoms with Crippen LogP contribution in [0.2, 0.25) is 0 Å². The molecule has 1 aliphatic rings. The van der Waals surface area contributed by atoms with E-state index in [-0.39, 0.29) is 6.61 Å². The van der Waals surface area contributed by atoms with E-state index in [4.69, 9.17) is 27.8 Å². The van der Waals surface area contributed by atoms with Crippen molar-refractivity contribution in [1.29, 1.82) is 0 Å². The second-order valence-electron chi connectivity index (χ2n) is 5.44. The standard InChI is InChI=1S/C16H24N2O2S/c17-16(21)13-4-1-7-15(12-13)20-11-9-18-8-2-5-14(18)6-3-10-19/h1,4,7,12,14,19H,2-3,5-6,8-11H2,(H2,17,21). The molecule has 0 saturated carbocycles. The Morgan fingerprint density at radius 2 is 2.33 bits per heavy atom. The number of aliphatic hydroxyl groups excluding tert-OH is 1. The zero-order valence-corrected chi connectivity index (χ0v) is 13.1. The third-order valence-corrected chi connectivity index (χ3v) is 4.20. The lowest BCUT2D eigenvalue weighted by Gasteiger charge is -2.24. The normalized spacial score (nSPS) is 18.8. The summed E-state index contributed by atoms with van der Waals surface area (Å²) in [6.45, 7) is 3.00. The van der Waals surface area contributed by atoms with Crippen LogP contribution in [0.4, 0.5) is 0 Å². The van der Waals surface area contributed by atoms with Crippen molar-refractivity contribution in [1.82, 2.24) is 4.90 Å². The number of nitrogens with two attached hydrogens (primary N) is 1. The molecule has 1 atom stereocenters. The first-order valence-corrected chi connectivity index (χ1v) is 7.99. The average Bonchev–Trinajstić information content (AvgIpc) is 2.93. The molecular formula is C16H24N2O2S. The van der Waals surface area contributed by atoms with E-state index in [0.717, 1.165) is 37.2 Å². The number of hydrogen-bond donors (Lipinski definition) is 2. The summed E-state index contributed by atoms with van der Waals surface area (Å²) in [6, 6.07) is 8.21. The number of ether oxygens (including phenoxy) is 1. The zero-order chi connectivity index (χ0) is 15.1.